The zero-order valence-electron chi connectivity index (χ0n) is 12.7. The lowest BCUT2D eigenvalue weighted by Crippen LogP contribution is -2.15. The maximum Gasteiger partial charge on any atom is 0.417 e. The van der Waals surface area contributed by atoms with Crippen molar-refractivity contribution in [2.24, 2.45) is 7.05 Å². The van der Waals surface area contributed by atoms with Crippen LogP contribution in [-0.4, -0.2) is 26.4 Å². The number of nitrogens with zero attached hydrogens (tertiary/aromatic N) is 3. The van der Waals surface area contributed by atoms with Crippen LogP contribution >= 0.6 is 11.8 Å². The first kappa shape index (κ1) is 17.3. The fourth-order valence-corrected chi connectivity index (χ4v) is 2.55. The molecule has 0 aliphatic rings. The highest BCUT2D eigenvalue weighted by molar-refractivity contribution is 7.99. The second-order valence-corrected chi connectivity index (χ2v) is 5.88. The van der Waals surface area contributed by atoms with Crippen molar-refractivity contribution in [2.45, 2.75) is 25.0 Å². The molecule has 0 radical (unpaired) electrons. The Kier molecular flexibility index (Phi) is 4.98. The minimum absolute atomic E-state index is 0.0478. The summed E-state index contributed by atoms with van der Waals surface area (Å²) in [6.07, 6.45) is -3.65. The second kappa shape index (κ2) is 6.61. The number of halogens is 3. The molecule has 0 aliphatic carbocycles. The van der Waals surface area contributed by atoms with Gasteiger partial charge in [-0.05, 0) is 26.0 Å². The van der Waals surface area contributed by atoms with E-state index in [0.717, 1.165) is 29.7 Å². The quantitative estimate of drug-likeness (QED) is 0.866. The van der Waals surface area contributed by atoms with E-state index in [4.69, 9.17) is 0 Å². The number of aromatic nitrogens is 3. The van der Waals surface area contributed by atoms with Gasteiger partial charge in [0.2, 0.25) is 5.91 Å². The summed E-state index contributed by atoms with van der Waals surface area (Å²) in [6.45, 7) is 3.62. The average molecular weight is 344 g/mol. The highest BCUT2D eigenvalue weighted by atomic mass is 32.2. The molecule has 0 unspecified atom stereocenters. The van der Waals surface area contributed by atoms with Crippen LogP contribution in [0.1, 0.15) is 17.0 Å². The molecule has 1 amide bonds. The smallest absolute Gasteiger partial charge is 0.322 e. The molecule has 2 rings (SSSR count). The maximum absolute atomic E-state index is 12.4. The van der Waals surface area contributed by atoms with Crippen LogP contribution in [0.2, 0.25) is 0 Å². The fraction of sp³-hybridized carbons (Fsp3) is 0.357. The maximum atomic E-state index is 12.4. The zero-order chi connectivity index (χ0) is 17.2. The molecule has 2 aromatic heterocycles. The molecular weight excluding hydrogens is 329 g/mol. The molecule has 0 atom stereocenters. The molecule has 0 bridgehead atoms. The molecule has 0 aliphatic heterocycles. The van der Waals surface area contributed by atoms with Crippen molar-refractivity contribution < 1.29 is 18.0 Å². The SMILES string of the molecule is Cc1nn(C)c(C)c1NC(=O)CSc1ccc(C(F)(F)F)cn1. The number of carbonyl (C=O) groups is 1. The Balaban J connectivity index is 1.94. The molecule has 5 nitrogen and oxygen atoms in total. The number of nitrogens with one attached hydrogen (secondary N) is 1. The van der Waals surface area contributed by atoms with Gasteiger partial charge in [0, 0.05) is 13.2 Å². The summed E-state index contributed by atoms with van der Waals surface area (Å²) in [4.78, 5) is 15.7. The number of pyridine rings is 1. The molecule has 1 N–H and O–H groups in total. The van der Waals surface area contributed by atoms with Gasteiger partial charge in [-0.25, -0.2) is 4.98 Å². The largest absolute Gasteiger partial charge is 0.417 e. The van der Waals surface area contributed by atoms with Crippen LogP contribution < -0.4 is 5.32 Å². The molecule has 9 heteroatoms. The van der Waals surface area contributed by atoms with Gasteiger partial charge in [-0.15, -0.1) is 0 Å². The highest BCUT2D eigenvalue weighted by Gasteiger charge is 2.30. The third-order valence-electron chi connectivity index (χ3n) is 3.19. The minimum Gasteiger partial charge on any atom is -0.322 e. The number of rotatable bonds is 4. The van der Waals surface area contributed by atoms with Gasteiger partial charge in [0.1, 0.15) is 0 Å². The summed E-state index contributed by atoms with van der Waals surface area (Å²) in [5.41, 5.74) is 1.37. The van der Waals surface area contributed by atoms with E-state index in [-0.39, 0.29) is 11.7 Å². The topological polar surface area (TPSA) is 59.8 Å². The molecular formula is C14H15F3N4OS. The van der Waals surface area contributed by atoms with E-state index in [1.165, 1.54) is 6.07 Å². The van der Waals surface area contributed by atoms with E-state index in [0.29, 0.717) is 16.4 Å². The van der Waals surface area contributed by atoms with Crippen LogP contribution in [0.15, 0.2) is 23.4 Å². The zero-order valence-corrected chi connectivity index (χ0v) is 13.5. The van der Waals surface area contributed by atoms with Gasteiger partial charge in [-0.1, -0.05) is 11.8 Å². The predicted molar refractivity (Wildman–Crippen MR) is 81.3 cm³/mol. The third-order valence-corrected chi connectivity index (χ3v) is 4.13. The lowest BCUT2D eigenvalue weighted by atomic mass is 10.3. The van der Waals surface area contributed by atoms with Crippen LogP contribution in [0.4, 0.5) is 18.9 Å². The highest BCUT2D eigenvalue weighted by Crippen LogP contribution is 2.29. The van der Waals surface area contributed by atoms with Crippen molar-refractivity contribution in [3.63, 3.8) is 0 Å². The first-order chi connectivity index (χ1) is 10.7. The van der Waals surface area contributed by atoms with Crippen LogP contribution in [0.25, 0.3) is 0 Å². The molecule has 0 aromatic carbocycles. The minimum atomic E-state index is -4.41. The monoisotopic (exact) mass is 344 g/mol. The first-order valence-corrected chi connectivity index (χ1v) is 7.63. The Morgan fingerprint density at radius 2 is 2.04 bits per heavy atom. The summed E-state index contributed by atoms with van der Waals surface area (Å²) in [5, 5.41) is 7.30. The Labute approximate surface area is 135 Å². The predicted octanol–water partition coefficient (Wildman–Crippen LogP) is 3.18. The first-order valence-electron chi connectivity index (χ1n) is 6.64. The van der Waals surface area contributed by atoms with Gasteiger partial charge in [-0.3, -0.25) is 9.48 Å². The fourth-order valence-electron chi connectivity index (χ4n) is 1.90. The molecule has 0 spiro atoms. The Bertz CT molecular complexity index is 710. The van der Waals surface area contributed by atoms with E-state index in [1.54, 1.807) is 18.7 Å². The van der Waals surface area contributed by atoms with Gasteiger partial charge < -0.3 is 5.32 Å². The molecule has 0 saturated heterocycles. The standard InChI is InChI=1S/C14H15F3N4OS/c1-8-13(9(2)21(3)20-8)19-11(22)7-23-12-5-4-10(6-18-12)14(15,16)17/h4-6H,7H2,1-3H3,(H,19,22). The van der Waals surface area contributed by atoms with Crippen molar-refractivity contribution in [1.82, 2.24) is 14.8 Å². The van der Waals surface area contributed by atoms with Gasteiger partial charge in [0.25, 0.3) is 0 Å². The van der Waals surface area contributed by atoms with Crippen molar-refractivity contribution in [2.75, 3.05) is 11.1 Å². The Morgan fingerprint density at radius 1 is 1.35 bits per heavy atom. The normalized spacial score (nSPS) is 11.6. The number of alkyl halides is 3. The van der Waals surface area contributed by atoms with Crippen molar-refractivity contribution in [3.8, 4) is 0 Å². The molecule has 2 heterocycles. The molecule has 0 fully saturated rings. The van der Waals surface area contributed by atoms with Crippen molar-refractivity contribution in [1.29, 1.82) is 0 Å². The van der Waals surface area contributed by atoms with Crippen LogP contribution in [0, 0.1) is 13.8 Å². The number of aryl methyl sites for hydroxylation is 2. The van der Waals surface area contributed by atoms with E-state index in [9.17, 15) is 18.0 Å². The van der Waals surface area contributed by atoms with Crippen molar-refractivity contribution >= 4 is 23.4 Å². The lowest BCUT2D eigenvalue weighted by Gasteiger charge is -2.07. The van der Waals surface area contributed by atoms with E-state index < -0.39 is 11.7 Å². The summed E-state index contributed by atoms with van der Waals surface area (Å²) in [7, 11) is 1.78. The van der Waals surface area contributed by atoms with Gasteiger partial charge in [0.05, 0.1) is 33.4 Å². The number of carbonyl (C=O) groups excluding carboxylic acids is 1. The van der Waals surface area contributed by atoms with Gasteiger partial charge >= 0.3 is 6.18 Å². The number of amides is 1. The van der Waals surface area contributed by atoms with E-state index in [2.05, 4.69) is 15.4 Å². The average Bonchev–Trinajstić information content (AvgIpc) is 2.71. The second-order valence-electron chi connectivity index (χ2n) is 4.89. The summed E-state index contributed by atoms with van der Waals surface area (Å²) in [6, 6.07) is 2.20. The summed E-state index contributed by atoms with van der Waals surface area (Å²) in [5.74, 6) is -0.220. The van der Waals surface area contributed by atoms with E-state index >= 15 is 0 Å². The number of thioether (sulfide) groups is 1. The van der Waals surface area contributed by atoms with Crippen molar-refractivity contribution in [3.05, 3.63) is 35.3 Å². The third kappa shape index (κ3) is 4.25. The Morgan fingerprint density at radius 3 is 2.52 bits per heavy atom. The summed E-state index contributed by atoms with van der Waals surface area (Å²) >= 11 is 1.07. The van der Waals surface area contributed by atoms with Crippen LogP contribution in [0.5, 0.6) is 0 Å². The summed E-state index contributed by atoms with van der Waals surface area (Å²) < 4.78 is 39.0. The number of anilines is 1. The van der Waals surface area contributed by atoms with Crippen LogP contribution in [0.3, 0.4) is 0 Å². The molecule has 0 saturated carbocycles. The molecule has 2 aromatic rings. The lowest BCUT2D eigenvalue weighted by molar-refractivity contribution is -0.137. The number of hydrogen-bond acceptors (Lipinski definition) is 4. The Hall–Kier alpha value is -2.03. The van der Waals surface area contributed by atoms with Gasteiger partial charge in [-0.2, -0.15) is 18.3 Å². The number of hydrogen-bond donors (Lipinski definition) is 1. The molecule has 124 valence electrons. The van der Waals surface area contributed by atoms with E-state index in [1.807, 2.05) is 6.92 Å². The van der Waals surface area contributed by atoms with Crippen LogP contribution in [-0.2, 0) is 18.0 Å². The van der Waals surface area contributed by atoms with Gasteiger partial charge in [0.15, 0.2) is 0 Å². The molecule has 23 heavy (non-hydrogen) atoms.